The molecule has 0 saturated heterocycles. The number of aromatic nitrogens is 2. The highest BCUT2D eigenvalue weighted by Crippen LogP contribution is 2.29. The summed E-state index contributed by atoms with van der Waals surface area (Å²) in [6, 6.07) is 8.42. The van der Waals surface area contributed by atoms with Crippen LogP contribution in [0.5, 0.6) is 0 Å². The number of hydrogen-bond donors (Lipinski definition) is 2. The maximum Gasteiger partial charge on any atom is 0.416 e. The summed E-state index contributed by atoms with van der Waals surface area (Å²) in [7, 11) is 0. The largest absolute Gasteiger partial charge is 0.416 e. The Hall–Kier alpha value is -3.34. The molecule has 174 valence electrons. The lowest BCUT2D eigenvalue weighted by Gasteiger charge is -2.23. The van der Waals surface area contributed by atoms with Gasteiger partial charge < -0.3 is 5.32 Å². The standard InChI is InChI=1S/C22H20F4N4O2S/c1-3-12(2)17(27-18(31)13-4-8-15(9-5-13)22(24,25)26)19(32)28-21-30-29-20(33-21)14-6-10-16(23)11-7-14/h4-12,17H,3H2,1-2H3,(H,27,31)(H,28,30,32). The van der Waals surface area contributed by atoms with E-state index in [1.807, 2.05) is 6.92 Å². The molecule has 33 heavy (non-hydrogen) atoms. The summed E-state index contributed by atoms with van der Waals surface area (Å²) in [6.07, 6.45) is -3.95. The van der Waals surface area contributed by atoms with Gasteiger partial charge in [-0.2, -0.15) is 13.2 Å². The third kappa shape index (κ3) is 6.13. The number of nitrogens with zero attached hydrogens (tertiary/aromatic N) is 2. The third-order valence-electron chi connectivity index (χ3n) is 5.00. The number of carbonyl (C=O) groups is 2. The fraction of sp³-hybridized carbons (Fsp3) is 0.273. The molecule has 0 spiro atoms. The molecule has 2 amide bonds. The van der Waals surface area contributed by atoms with Crippen LogP contribution in [0, 0.1) is 11.7 Å². The van der Waals surface area contributed by atoms with Crippen molar-refractivity contribution in [3.8, 4) is 10.6 Å². The lowest BCUT2D eigenvalue weighted by Crippen LogP contribution is -2.47. The van der Waals surface area contributed by atoms with Gasteiger partial charge in [0, 0.05) is 11.1 Å². The first-order valence-electron chi connectivity index (χ1n) is 9.97. The quantitative estimate of drug-likeness (QED) is 0.459. The second-order valence-corrected chi connectivity index (χ2v) is 8.30. The van der Waals surface area contributed by atoms with E-state index in [0.29, 0.717) is 17.0 Å². The number of amides is 2. The average molecular weight is 480 g/mol. The minimum absolute atomic E-state index is 0.00128. The Labute approximate surface area is 191 Å². The Morgan fingerprint density at radius 3 is 2.24 bits per heavy atom. The highest BCUT2D eigenvalue weighted by molar-refractivity contribution is 7.18. The van der Waals surface area contributed by atoms with Gasteiger partial charge in [0.2, 0.25) is 11.0 Å². The fourth-order valence-corrected chi connectivity index (χ4v) is 3.66. The van der Waals surface area contributed by atoms with Crippen molar-refractivity contribution in [1.29, 1.82) is 0 Å². The Morgan fingerprint density at radius 1 is 1.03 bits per heavy atom. The van der Waals surface area contributed by atoms with Crippen LogP contribution in [0.4, 0.5) is 22.7 Å². The Morgan fingerprint density at radius 2 is 1.67 bits per heavy atom. The van der Waals surface area contributed by atoms with Crippen LogP contribution >= 0.6 is 11.3 Å². The number of alkyl halides is 3. The van der Waals surface area contributed by atoms with Crippen LogP contribution < -0.4 is 10.6 Å². The van der Waals surface area contributed by atoms with Crippen molar-refractivity contribution in [2.45, 2.75) is 32.5 Å². The maximum absolute atomic E-state index is 13.1. The molecule has 0 aliphatic carbocycles. The van der Waals surface area contributed by atoms with E-state index in [-0.39, 0.29) is 16.6 Å². The molecular formula is C22H20F4N4O2S. The Bertz CT molecular complexity index is 1110. The molecular weight excluding hydrogens is 460 g/mol. The van der Waals surface area contributed by atoms with Gasteiger partial charge in [0.05, 0.1) is 5.56 Å². The van der Waals surface area contributed by atoms with Crippen LogP contribution in [0.2, 0.25) is 0 Å². The van der Waals surface area contributed by atoms with Crippen molar-refractivity contribution >= 4 is 28.3 Å². The van der Waals surface area contributed by atoms with Gasteiger partial charge in [-0.05, 0) is 54.4 Å². The van der Waals surface area contributed by atoms with Crippen LogP contribution in [0.15, 0.2) is 48.5 Å². The van der Waals surface area contributed by atoms with E-state index in [1.54, 1.807) is 6.92 Å². The molecule has 11 heteroatoms. The third-order valence-corrected chi connectivity index (χ3v) is 5.89. The van der Waals surface area contributed by atoms with E-state index in [2.05, 4.69) is 20.8 Å². The van der Waals surface area contributed by atoms with Gasteiger partial charge in [-0.25, -0.2) is 4.39 Å². The summed E-state index contributed by atoms with van der Waals surface area (Å²) >= 11 is 1.08. The number of halogens is 4. The lowest BCUT2D eigenvalue weighted by molar-refractivity contribution is -0.137. The summed E-state index contributed by atoms with van der Waals surface area (Å²) in [5.74, 6) is -1.87. The average Bonchev–Trinajstić information content (AvgIpc) is 3.25. The molecule has 1 aromatic heterocycles. The van der Waals surface area contributed by atoms with Crippen molar-refractivity contribution < 1.29 is 27.2 Å². The monoisotopic (exact) mass is 480 g/mol. The Kier molecular flexibility index (Phi) is 7.42. The van der Waals surface area contributed by atoms with Crippen LogP contribution in [0.25, 0.3) is 10.6 Å². The van der Waals surface area contributed by atoms with Crippen LogP contribution in [-0.2, 0) is 11.0 Å². The summed E-state index contributed by atoms with van der Waals surface area (Å²) < 4.78 is 51.3. The smallest absolute Gasteiger partial charge is 0.340 e. The number of hydrogen-bond acceptors (Lipinski definition) is 5. The van der Waals surface area contributed by atoms with Crippen molar-refractivity contribution in [3.63, 3.8) is 0 Å². The molecule has 0 bridgehead atoms. The zero-order valence-corrected chi connectivity index (χ0v) is 18.4. The maximum atomic E-state index is 13.1. The summed E-state index contributed by atoms with van der Waals surface area (Å²) in [4.78, 5) is 25.5. The number of benzene rings is 2. The first kappa shape index (κ1) is 24.3. The number of nitrogens with one attached hydrogen (secondary N) is 2. The highest BCUT2D eigenvalue weighted by atomic mass is 32.1. The molecule has 2 N–H and O–H groups in total. The molecule has 6 nitrogen and oxygen atoms in total. The van der Waals surface area contributed by atoms with Gasteiger partial charge in [0.15, 0.2) is 0 Å². The molecule has 2 unspecified atom stereocenters. The molecule has 2 aromatic carbocycles. The summed E-state index contributed by atoms with van der Waals surface area (Å²) in [5.41, 5.74) is -0.245. The van der Waals surface area contributed by atoms with Crippen molar-refractivity contribution in [3.05, 3.63) is 65.5 Å². The van der Waals surface area contributed by atoms with Crippen molar-refractivity contribution in [1.82, 2.24) is 15.5 Å². The minimum atomic E-state index is -4.51. The predicted molar refractivity (Wildman–Crippen MR) is 116 cm³/mol. The number of anilines is 1. The zero-order chi connectivity index (χ0) is 24.2. The van der Waals surface area contributed by atoms with Gasteiger partial charge in [-0.15, -0.1) is 10.2 Å². The highest BCUT2D eigenvalue weighted by Gasteiger charge is 2.31. The van der Waals surface area contributed by atoms with Crippen molar-refractivity contribution in [2.75, 3.05) is 5.32 Å². The molecule has 2 atom stereocenters. The SMILES string of the molecule is CCC(C)C(NC(=O)c1ccc(C(F)(F)F)cc1)C(=O)Nc1nnc(-c2ccc(F)cc2)s1. The molecule has 0 aliphatic heterocycles. The van der Waals surface area contributed by atoms with E-state index in [9.17, 15) is 27.2 Å². The van der Waals surface area contributed by atoms with Gasteiger partial charge in [-0.1, -0.05) is 31.6 Å². The normalized spacial score (nSPS) is 13.3. The first-order valence-corrected chi connectivity index (χ1v) is 10.8. The van der Waals surface area contributed by atoms with Gasteiger partial charge >= 0.3 is 6.18 Å². The molecule has 0 radical (unpaired) electrons. The molecule has 1 heterocycles. The molecule has 0 fully saturated rings. The van der Waals surface area contributed by atoms with Gasteiger partial charge in [-0.3, -0.25) is 14.9 Å². The van der Waals surface area contributed by atoms with E-state index >= 15 is 0 Å². The molecule has 3 aromatic rings. The lowest BCUT2D eigenvalue weighted by atomic mass is 9.98. The molecule has 0 saturated carbocycles. The molecule has 3 rings (SSSR count). The topological polar surface area (TPSA) is 84.0 Å². The van der Waals surface area contributed by atoms with E-state index < -0.39 is 35.4 Å². The zero-order valence-electron chi connectivity index (χ0n) is 17.6. The van der Waals surface area contributed by atoms with Crippen LogP contribution in [0.3, 0.4) is 0 Å². The van der Waals surface area contributed by atoms with E-state index in [4.69, 9.17) is 0 Å². The molecule has 0 aliphatic rings. The Balaban J connectivity index is 1.71. The predicted octanol–water partition coefficient (Wildman–Crippen LogP) is 5.15. The fourth-order valence-electron chi connectivity index (χ4n) is 2.90. The number of carbonyl (C=O) groups excluding carboxylic acids is 2. The van der Waals surface area contributed by atoms with Crippen LogP contribution in [0.1, 0.15) is 36.2 Å². The minimum Gasteiger partial charge on any atom is -0.340 e. The number of rotatable bonds is 7. The van der Waals surface area contributed by atoms with Crippen LogP contribution in [-0.4, -0.2) is 28.1 Å². The summed E-state index contributed by atoms with van der Waals surface area (Å²) in [5, 5.41) is 13.8. The van der Waals surface area contributed by atoms with E-state index in [1.165, 1.54) is 24.3 Å². The van der Waals surface area contributed by atoms with Gasteiger partial charge in [0.25, 0.3) is 5.91 Å². The second kappa shape index (κ2) is 10.1. The summed E-state index contributed by atoms with van der Waals surface area (Å²) in [6.45, 7) is 3.61. The van der Waals surface area contributed by atoms with E-state index in [0.717, 1.165) is 35.6 Å². The van der Waals surface area contributed by atoms with Gasteiger partial charge in [0.1, 0.15) is 16.9 Å². The second-order valence-electron chi connectivity index (χ2n) is 7.32. The van der Waals surface area contributed by atoms with Crippen molar-refractivity contribution in [2.24, 2.45) is 5.92 Å². The first-order chi connectivity index (χ1) is 15.6.